The van der Waals surface area contributed by atoms with Crippen LogP contribution in [0.3, 0.4) is 0 Å². The zero-order chi connectivity index (χ0) is 12.8. The summed E-state index contributed by atoms with van der Waals surface area (Å²) >= 11 is 1.68. The van der Waals surface area contributed by atoms with Gasteiger partial charge in [0.1, 0.15) is 0 Å². The van der Waals surface area contributed by atoms with Gasteiger partial charge >= 0.3 is 0 Å². The Morgan fingerprint density at radius 1 is 1.44 bits per heavy atom. The maximum Gasteiger partial charge on any atom is 0.251 e. The molecule has 1 aromatic rings. The van der Waals surface area contributed by atoms with Crippen LogP contribution in [0.2, 0.25) is 0 Å². The average Bonchev–Trinajstić information content (AvgIpc) is 2.92. The van der Waals surface area contributed by atoms with Crippen LogP contribution in [0.15, 0.2) is 29.2 Å². The Morgan fingerprint density at radius 2 is 2.22 bits per heavy atom. The van der Waals surface area contributed by atoms with Gasteiger partial charge in [0.25, 0.3) is 5.91 Å². The smallest absolute Gasteiger partial charge is 0.251 e. The molecule has 2 N–H and O–H groups in total. The van der Waals surface area contributed by atoms with Gasteiger partial charge in [-0.15, -0.1) is 11.8 Å². The molecular weight excluding hydrogens is 244 g/mol. The maximum atomic E-state index is 11.9. The molecule has 18 heavy (non-hydrogen) atoms. The average molecular weight is 264 g/mol. The highest BCUT2D eigenvalue weighted by Gasteiger charge is 2.13. The molecule has 2 rings (SSSR count). The minimum Gasteiger partial charge on any atom is -0.352 e. The molecule has 4 heteroatoms. The number of carbonyl (C=O) groups excluding carboxylic acids is 1. The van der Waals surface area contributed by atoms with E-state index in [9.17, 15) is 4.79 Å². The molecule has 0 saturated carbocycles. The van der Waals surface area contributed by atoms with Crippen molar-refractivity contribution in [3.63, 3.8) is 0 Å². The van der Waals surface area contributed by atoms with Gasteiger partial charge in [0.05, 0.1) is 0 Å². The molecule has 0 radical (unpaired) electrons. The fourth-order valence-electron chi connectivity index (χ4n) is 2.21. The zero-order valence-electron chi connectivity index (χ0n) is 10.7. The highest BCUT2D eigenvalue weighted by molar-refractivity contribution is 7.98. The van der Waals surface area contributed by atoms with Crippen LogP contribution in [0.5, 0.6) is 0 Å². The van der Waals surface area contributed by atoms with E-state index in [4.69, 9.17) is 0 Å². The summed E-state index contributed by atoms with van der Waals surface area (Å²) in [5.41, 5.74) is 0.743. The Kier molecular flexibility index (Phi) is 5.08. The number of thioether (sulfide) groups is 1. The highest BCUT2D eigenvalue weighted by Crippen LogP contribution is 2.14. The van der Waals surface area contributed by atoms with Crippen LogP contribution >= 0.6 is 11.8 Å². The molecule has 0 aliphatic carbocycles. The van der Waals surface area contributed by atoms with Crippen LogP contribution in [0.1, 0.15) is 29.6 Å². The Morgan fingerprint density at radius 3 is 2.83 bits per heavy atom. The number of hydrogen-bond acceptors (Lipinski definition) is 3. The lowest BCUT2D eigenvalue weighted by Gasteiger charge is -2.10. The SMILES string of the molecule is CSc1ccc(C(=O)NCCC2CCCN2)cc1. The third kappa shape index (κ3) is 3.75. The fraction of sp³-hybridized carbons (Fsp3) is 0.500. The van der Waals surface area contributed by atoms with E-state index in [2.05, 4.69) is 10.6 Å². The Hall–Kier alpha value is -1.00. The number of carbonyl (C=O) groups is 1. The van der Waals surface area contributed by atoms with Gasteiger partial charge in [0, 0.05) is 23.0 Å². The first-order valence-electron chi connectivity index (χ1n) is 6.45. The van der Waals surface area contributed by atoms with E-state index in [0.717, 1.165) is 25.1 Å². The van der Waals surface area contributed by atoms with E-state index in [0.29, 0.717) is 6.04 Å². The van der Waals surface area contributed by atoms with Crippen LogP contribution in [-0.4, -0.2) is 31.3 Å². The summed E-state index contributed by atoms with van der Waals surface area (Å²) in [6.07, 6.45) is 5.55. The quantitative estimate of drug-likeness (QED) is 0.802. The van der Waals surface area contributed by atoms with Crippen molar-refractivity contribution in [3.8, 4) is 0 Å². The first-order valence-corrected chi connectivity index (χ1v) is 7.67. The third-order valence-corrected chi connectivity index (χ3v) is 4.04. The first-order chi connectivity index (χ1) is 8.79. The third-order valence-electron chi connectivity index (χ3n) is 3.29. The van der Waals surface area contributed by atoms with Gasteiger partial charge < -0.3 is 10.6 Å². The summed E-state index contributed by atoms with van der Waals surface area (Å²) in [4.78, 5) is 13.1. The van der Waals surface area contributed by atoms with E-state index >= 15 is 0 Å². The van der Waals surface area contributed by atoms with Crippen molar-refractivity contribution in [1.29, 1.82) is 0 Å². The van der Waals surface area contributed by atoms with Crippen molar-refractivity contribution in [2.24, 2.45) is 0 Å². The summed E-state index contributed by atoms with van der Waals surface area (Å²) in [7, 11) is 0. The van der Waals surface area contributed by atoms with Crippen LogP contribution in [0, 0.1) is 0 Å². The van der Waals surface area contributed by atoms with Gasteiger partial charge in [-0.1, -0.05) is 0 Å². The van der Waals surface area contributed by atoms with Crippen LogP contribution in [0.4, 0.5) is 0 Å². The summed E-state index contributed by atoms with van der Waals surface area (Å²) < 4.78 is 0. The summed E-state index contributed by atoms with van der Waals surface area (Å²) in [5, 5.41) is 6.41. The van der Waals surface area contributed by atoms with E-state index in [1.165, 1.54) is 17.7 Å². The molecule has 3 nitrogen and oxygen atoms in total. The molecule has 1 saturated heterocycles. The van der Waals surface area contributed by atoms with Crippen molar-refractivity contribution in [2.45, 2.75) is 30.2 Å². The van der Waals surface area contributed by atoms with Gasteiger partial charge in [-0.25, -0.2) is 0 Å². The Balaban J connectivity index is 1.76. The van der Waals surface area contributed by atoms with Crippen molar-refractivity contribution < 1.29 is 4.79 Å². The monoisotopic (exact) mass is 264 g/mol. The van der Waals surface area contributed by atoms with Gasteiger partial charge in [-0.2, -0.15) is 0 Å². The molecule has 1 aliphatic rings. The van der Waals surface area contributed by atoms with Crippen molar-refractivity contribution in [1.82, 2.24) is 10.6 Å². The molecule has 1 atom stereocenters. The Bertz CT molecular complexity index is 385. The number of benzene rings is 1. The summed E-state index contributed by atoms with van der Waals surface area (Å²) in [6.45, 7) is 1.87. The fourth-order valence-corrected chi connectivity index (χ4v) is 2.62. The molecule has 1 unspecified atom stereocenters. The molecule has 1 fully saturated rings. The van der Waals surface area contributed by atoms with Gasteiger partial charge in [-0.05, 0) is 56.3 Å². The first kappa shape index (κ1) is 13.4. The largest absolute Gasteiger partial charge is 0.352 e. The normalized spacial score (nSPS) is 18.8. The molecule has 1 aliphatic heterocycles. The standard InChI is InChI=1S/C14H20N2OS/c1-18-13-6-4-11(5-7-13)14(17)16-10-8-12-3-2-9-15-12/h4-7,12,15H,2-3,8-10H2,1H3,(H,16,17). The molecule has 1 amide bonds. The lowest BCUT2D eigenvalue weighted by molar-refractivity contribution is 0.0952. The lowest BCUT2D eigenvalue weighted by Crippen LogP contribution is -2.30. The predicted molar refractivity (Wildman–Crippen MR) is 76.2 cm³/mol. The van der Waals surface area contributed by atoms with Gasteiger partial charge in [-0.3, -0.25) is 4.79 Å². The zero-order valence-corrected chi connectivity index (χ0v) is 11.6. The van der Waals surface area contributed by atoms with Crippen LogP contribution in [0.25, 0.3) is 0 Å². The lowest BCUT2D eigenvalue weighted by atomic mass is 10.1. The highest BCUT2D eigenvalue weighted by atomic mass is 32.2. The second-order valence-corrected chi connectivity index (χ2v) is 5.45. The Labute approximate surface area is 113 Å². The number of nitrogens with one attached hydrogen (secondary N) is 2. The topological polar surface area (TPSA) is 41.1 Å². The van der Waals surface area contributed by atoms with Crippen molar-refractivity contribution in [3.05, 3.63) is 29.8 Å². The number of rotatable bonds is 5. The van der Waals surface area contributed by atoms with Crippen LogP contribution < -0.4 is 10.6 Å². The molecule has 0 aromatic heterocycles. The van der Waals surface area contributed by atoms with E-state index < -0.39 is 0 Å². The second-order valence-electron chi connectivity index (χ2n) is 4.57. The molecular formula is C14H20N2OS. The predicted octanol–water partition coefficient (Wildman–Crippen LogP) is 2.28. The maximum absolute atomic E-state index is 11.9. The summed E-state index contributed by atoms with van der Waals surface area (Å²) in [5.74, 6) is 0.0284. The molecule has 98 valence electrons. The molecule has 1 aromatic carbocycles. The minimum absolute atomic E-state index is 0.0284. The number of amides is 1. The van der Waals surface area contributed by atoms with Crippen molar-refractivity contribution in [2.75, 3.05) is 19.3 Å². The molecule has 1 heterocycles. The summed E-state index contributed by atoms with van der Waals surface area (Å²) in [6, 6.07) is 8.32. The van der Waals surface area contributed by atoms with Crippen LogP contribution in [-0.2, 0) is 0 Å². The van der Waals surface area contributed by atoms with E-state index in [-0.39, 0.29) is 5.91 Å². The molecule has 0 bridgehead atoms. The minimum atomic E-state index is 0.0284. The van der Waals surface area contributed by atoms with Gasteiger partial charge in [0.15, 0.2) is 0 Å². The van der Waals surface area contributed by atoms with E-state index in [1.54, 1.807) is 11.8 Å². The number of hydrogen-bond donors (Lipinski definition) is 2. The molecule has 0 spiro atoms. The van der Waals surface area contributed by atoms with Gasteiger partial charge in [0.2, 0.25) is 0 Å². The van der Waals surface area contributed by atoms with Crippen molar-refractivity contribution >= 4 is 17.7 Å². The second kappa shape index (κ2) is 6.81. The van der Waals surface area contributed by atoms with E-state index in [1.807, 2.05) is 30.5 Å².